The molecule has 132 valence electrons. The summed E-state index contributed by atoms with van der Waals surface area (Å²) in [7, 11) is 6.16. The normalized spacial score (nSPS) is 10.4. The fourth-order valence-corrected chi connectivity index (χ4v) is 2.07. The number of rotatable bonds is 7. The van der Waals surface area contributed by atoms with Gasteiger partial charge in [0, 0.05) is 23.3 Å². The van der Waals surface area contributed by atoms with Crippen LogP contribution in [-0.2, 0) is 0 Å². The molecule has 0 saturated carbocycles. The summed E-state index contributed by atoms with van der Waals surface area (Å²) in [5, 5.41) is 3.96. The van der Waals surface area contributed by atoms with Gasteiger partial charge in [0.2, 0.25) is 0 Å². The molecule has 2 rings (SSSR count). The number of carbonyl (C=O) groups excluding carboxylic acids is 1. The van der Waals surface area contributed by atoms with Crippen LogP contribution in [0.3, 0.4) is 0 Å². The Morgan fingerprint density at radius 2 is 1.24 bits per heavy atom. The van der Waals surface area contributed by atoms with Crippen molar-refractivity contribution in [2.45, 2.75) is 0 Å². The first-order valence-corrected chi connectivity index (χ1v) is 7.39. The third-order valence-corrected chi connectivity index (χ3v) is 3.37. The minimum Gasteiger partial charge on any atom is -0.497 e. The zero-order valence-electron chi connectivity index (χ0n) is 14.5. The first kappa shape index (κ1) is 18.1. The van der Waals surface area contributed by atoms with Crippen molar-refractivity contribution in [3.8, 4) is 23.0 Å². The van der Waals surface area contributed by atoms with Gasteiger partial charge in [0.1, 0.15) is 23.0 Å². The van der Waals surface area contributed by atoms with Crippen LogP contribution in [0.5, 0.6) is 23.0 Å². The van der Waals surface area contributed by atoms with Crippen molar-refractivity contribution in [2.75, 3.05) is 28.4 Å². The zero-order valence-corrected chi connectivity index (χ0v) is 14.5. The van der Waals surface area contributed by atoms with E-state index in [4.69, 9.17) is 18.9 Å². The van der Waals surface area contributed by atoms with Gasteiger partial charge in [0.25, 0.3) is 5.91 Å². The number of benzene rings is 2. The van der Waals surface area contributed by atoms with Crippen LogP contribution in [0.1, 0.15) is 15.9 Å². The quantitative estimate of drug-likeness (QED) is 0.617. The fourth-order valence-electron chi connectivity index (χ4n) is 2.07. The Morgan fingerprint density at radius 1 is 0.800 bits per heavy atom. The van der Waals surface area contributed by atoms with Gasteiger partial charge >= 0.3 is 0 Å². The predicted octanol–water partition coefficient (Wildman–Crippen LogP) is 2.48. The lowest BCUT2D eigenvalue weighted by Gasteiger charge is -2.07. The Labute approximate surface area is 146 Å². The predicted molar refractivity (Wildman–Crippen MR) is 94.2 cm³/mol. The van der Waals surface area contributed by atoms with Crippen molar-refractivity contribution in [2.24, 2.45) is 5.10 Å². The fraction of sp³-hybridized carbons (Fsp3) is 0.222. The largest absolute Gasteiger partial charge is 0.497 e. The highest BCUT2D eigenvalue weighted by molar-refractivity contribution is 5.95. The molecule has 0 aliphatic heterocycles. The standard InChI is InChI=1S/C18H20N2O5/c1-22-14-5-12(6-15(9-14)23-2)11-19-20-18(21)13-7-16(24-3)10-17(8-13)25-4/h5-11H,1-4H3,(H,20,21)/b19-11+. The number of carbonyl (C=O) groups is 1. The van der Waals surface area contributed by atoms with E-state index in [-0.39, 0.29) is 5.91 Å². The molecule has 0 aliphatic carbocycles. The van der Waals surface area contributed by atoms with Gasteiger partial charge in [-0.15, -0.1) is 0 Å². The second kappa shape index (κ2) is 8.58. The molecule has 2 aromatic rings. The molecule has 0 fully saturated rings. The molecule has 0 atom stereocenters. The third kappa shape index (κ3) is 4.87. The summed E-state index contributed by atoms with van der Waals surface area (Å²) in [6, 6.07) is 10.2. The third-order valence-electron chi connectivity index (χ3n) is 3.37. The van der Waals surface area contributed by atoms with Gasteiger partial charge in [-0.1, -0.05) is 0 Å². The Kier molecular flexibility index (Phi) is 6.22. The van der Waals surface area contributed by atoms with Gasteiger partial charge < -0.3 is 18.9 Å². The molecule has 0 spiro atoms. The molecule has 7 heteroatoms. The van der Waals surface area contributed by atoms with Gasteiger partial charge in [-0.2, -0.15) is 5.10 Å². The van der Waals surface area contributed by atoms with Crippen molar-refractivity contribution < 1.29 is 23.7 Å². The molecule has 0 radical (unpaired) electrons. The van der Waals surface area contributed by atoms with E-state index in [9.17, 15) is 4.79 Å². The van der Waals surface area contributed by atoms with Gasteiger partial charge in [0.05, 0.1) is 34.7 Å². The molecule has 0 saturated heterocycles. The van der Waals surface area contributed by atoms with Crippen LogP contribution in [-0.4, -0.2) is 40.6 Å². The van der Waals surface area contributed by atoms with Crippen molar-refractivity contribution in [1.29, 1.82) is 0 Å². The van der Waals surface area contributed by atoms with E-state index in [0.717, 1.165) is 5.56 Å². The molecular formula is C18H20N2O5. The van der Waals surface area contributed by atoms with Crippen LogP contribution >= 0.6 is 0 Å². The SMILES string of the molecule is COc1cc(/C=N/NC(=O)c2cc(OC)cc(OC)c2)cc(OC)c1. The number of ether oxygens (including phenoxy) is 4. The topological polar surface area (TPSA) is 78.4 Å². The molecule has 0 aromatic heterocycles. The highest BCUT2D eigenvalue weighted by Gasteiger charge is 2.09. The Balaban J connectivity index is 2.13. The Bertz CT molecular complexity index is 730. The van der Waals surface area contributed by atoms with E-state index in [1.165, 1.54) is 20.4 Å². The number of methoxy groups -OCH3 is 4. The summed E-state index contributed by atoms with van der Waals surface area (Å²) in [6.45, 7) is 0. The number of nitrogens with zero attached hydrogens (tertiary/aromatic N) is 1. The molecular weight excluding hydrogens is 324 g/mol. The first-order chi connectivity index (χ1) is 12.1. The molecule has 1 N–H and O–H groups in total. The summed E-state index contributed by atoms with van der Waals surface area (Å²) in [6.07, 6.45) is 1.50. The van der Waals surface area contributed by atoms with Crippen LogP contribution in [0.4, 0.5) is 0 Å². The zero-order chi connectivity index (χ0) is 18.2. The number of nitrogens with one attached hydrogen (secondary N) is 1. The molecule has 1 amide bonds. The van der Waals surface area contributed by atoms with E-state index in [1.54, 1.807) is 50.6 Å². The van der Waals surface area contributed by atoms with E-state index in [1.807, 2.05) is 0 Å². The Hall–Kier alpha value is -3.22. The highest BCUT2D eigenvalue weighted by Crippen LogP contribution is 2.23. The molecule has 0 bridgehead atoms. The number of amides is 1. The van der Waals surface area contributed by atoms with Gasteiger partial charge in [-0.3, -0.25) is 4.79 Å². The second-order valence-electron chi connectivity index (χ2n) is 4.95. The van der Waals surface area contributed by atoms with Crippen LogP contribution in [0, 0.1) is 0 Å². The molecule has 25 heavy (non-hydrogen) atoms. The summed E-state index contributed by atoms with van der Waals surface area (Å²) in [5.41, 5.74) is 3.56. The lowest BCUT2D eigenvalue weighted by atomic mass is 10.2. The highest BCUT2D eigenvalue weighted by atomic mass is 16.5. The Morgan fingerprint density at radius 3 is 1.68 bits per heavy atom. The maximum Gasteiger partial charge on any atom is 0.271 e. The van der Waals surface area contributed by atoms with Gasteiger partial charge in [-0.05, 0) is 24.3 Å². The minimum absolute atomic E-state index is 0.372. The molecule has 0 aliphatic rings. The molecule has 0 unspecified atom stereocenters. The molecule has 0 heterocycles. The maximum absolute atomic E-state index is 12.2. The number of hydrogen-bond donors (Lipinski definition) is 1. The van der Waals surface area contributed by atoms with E-state index in [0.29, 0.717) is 28.6 Å². The average Bonchev–Trinajstić information content (AvgIpc) is 2.66. The summed E-state index contributed by atoms with van der Waals surface area (Å²) in [4.78, 5) is 12.2. The summed E-state index contributed by atoms with van der Waals surface area (Å²) >= 11 is 0. The smallest absolute Gasteiger partial charge is 0.271 e. The maximum atomic E-state index is 12.2. The van der Waals surface area contributed by atoms with Crippen LogP contribution in [0.2, 0.25) is 0 Å². The number of hydrogen-bond acceptors (Lipinski definition) is 6. The van der Waals surface area contributed by atoms with Crippen molar-refractivity contribution in [3.63, 3.8) is 0 Å². The number of hydrazone groups is 1. The van der Waals surface area contributed by atoms with Crippen LogP contribution in [0.25, 0.3) is 0 Å². The van der Waals surface area contributed by atoms with Crippen molar-refractivity contribution in [1.82, 2.24) is 5.43 Å². The first-order valence-electron chi connectivity index (χ1n) is 7.39. The van der Waals surface area contributed by atoms with Crippen LogP contribution in [0.15, 0.2) is 41.5 Å². The van der Waals surface area contributed by atoms with E-state index in [2.05, 4.69) is 10.5 Å². The van der Waals surface area contributed by atoms with E-state index >= 15 is 0 Å². The van der Waals surface area contributed by atoms with Gasteiger partial charge in [0.15, 0.2) is 0 Å². The lowest BCUT2D eigenvalue weighted by Crippen LogP contribution is -2.17. The van der Waals surface area contributed by atoms with Crippen molar-refractivity contribution in [3.05, 3.63) is 47.5 Å². The molecule has 7 nitrogen and oxygen atoms in total. The summed E-state index contributed by atoms with van der Waals surface area (Å²) < 4.78 is 20.7. The monoisotopic (exact) mass is 344 g/mol. The van der Waals surface area contributed by atoms with Crippen LogP contribution < -0.4 is 24.4 Å². The van der Waals surface area contributed by atoms with E-state index < -0.39 is 0 Å². The molecule has 2 aromatic carbocycles. The van der Waals surface area contributed by atoms with Gasteiger partial charge in [-0.25, -0.2) is 5.43 Å². The second-order valence-corrected chi connectivity index (χ2v) is 4.95. The lowest BCUT2D eigenvalue weighted by molar-refractivity contribution is 0.0954. The summed E-state index contributed by atoms with van der Waals surface area (Å²) in [5.74, 6) is 1.91. The minimum atomic E-state index is -0.386. The van der Waals surface area contributed by atoms with Crippen molar-refractivity contribution >= 4 is 12.1 Å². The average molecular weight is 344 g/mol.